The summed E-state index contributed by atoms with van der Waals surface area (Å²) in [5.74, 6) is 0.268. The molecule has 0 saturated carbocycles. The Labute approximate surface area is 123 Å². The van der Waals surface area contributed by atoms with E-state index in [-0.39, 0.29) is 25.1 Å². The van der Waals surface area contributed by atoms with Crippen LogP contribution >= 0.6 is 11.3 Å². The fourth-order valence-corrected chi connectivity index (χ4v) is 3.49. The highest BCUT2D eigenvalue weighted by atomic mass is 32.2. The summed E-state index contributed by atoms with van der Waals surface area (Å²) in [6.45, 7) is 2.89. The number of nitrogens with zero attached hydrogens (tertiary/aromatic N) is 1. The first-order valence-electron chi connectivity index (χ1n) is 6.04. The normalized spacial score (nSPS) is 14.2. The van der Waals surface area contributed by atoms with Gasteiger partial charge in [0.15, 0.2) is 5.96 Å². The van der Waals surface area contributed by atoms with Crippen LogP contribution in [0.25, 0.3) is 0 Å². The number of nitrogens with two attached hydrogens (primary N) is 1. The van der Waals surface area contributed by atoms with Gasteiger partial charge < -0.3 is 15.8 Å². The zero-order valence-corrected chi connectivity index (χ0v) is 13.1. The van der Waals surface area contributed by atoms with E-state index in [1.54, 1.807) is 24.6 Å². The molecule has 0 aliphatic carbocycles. The summed E-state index contributed by atoms with van der Waals surface area (Å²) in [6.07, 6.45) is 0. The summed E-state index contributed by atoms with van der Waals surface area (Å²) in [7, 11) is -1.83. The van der Waals surface area contributed by atoms with Gasteiger partial charge in [0.2, 0.25) is 10.0 Å². The van der Waals surface area contributed by atoms with Gasteiger partial charge in [-0.15, -0.1) is 11.3 Å². The zero-order valence-electron chi connectivity index (χ0n) is 11.5. The van der Waals surface area contributed by atoms with E-state index in [0.717, 1.165) is 0 Å². The molecule has 0 saturated heterocycles. The summed E-state index contributed by atoms with van der Waals surface area (Å²) in [5.41, 5.74) is 5.66. The second-order valence-electron chi connectivity index (χ2n) is 4.10. The Morgan fingerprint density at radius 3 is 2.95 bits per heavy atom. The lowest BCUT2D eigenvalue weighted by Gasteiger charge is -2.13. The number of hydrogen-bond acceptors (Lipinski definition) is 5. The number of aliphatic imine (C=N–C) groups is 1. The Bertz CT molecular complexity index is 514. The molecule has 1 aromatic heterocycles. The highest BCUT2D eigenvalue weighted by Gasteiger charge is 2.13. The minimum Gasteiger partial charge on any atom is -0.383 e. The Morgan fingerprint density at radius 1 is 1.60 bits per heavy atom. The Balaban J connectivity index is 2.34. The summed E-state index contributed by atoms with van der Waals surface area (Å²) >= 11 is 1.17. The smallest absolute Gasteiger partial charge is 0.250 e. The van der Waals surface area contributed by atoms with Crippen molar-refractivity contribution in [2.45, 2.75) is 17.2 Å². The predicted molar refractivity (Wildman–Crippen MR) is 80.5 cm³/mol. The number of hydrogen-bond donors (Lipinski definition) is 3. The lowest BCUT2D eigenvalue weighted by molar-refractivity contribution is 0.179. The molecular weight excluding hydrogens is 300 g/mol. The Morgan fingerprint density at radius 2 is 2.35 bits per heavy atom. The van der Waals surface area contributed by atoms with Crippen LogP contribution in [0.15, 0.2) is 26.7 Å². The van der Waals surface area contributed by atoms with Gasteiger partial charge in [0, 0.05) is 19.7 Å². The standard InChI is InChI=1S/C11H20N4O3S2/c1-9(8-18-2)15-11(12)13-5-6-14-20(16,17)10-4-3-7-19-10/h3-4,7,9,14H,5-6,8H2,1-2H3,(H3,12,13,15). The van der Waals surface area contributed by atoms with Crippen molar-refractivity contribution < 1.29 is 13.2 Å². The third-order valence-corrected chi connectivity index (χ3v) is 5.12. The molecule has 1 aromatic rings. The molecule has 0 aliphatic rings. The first-order chi connectivity index (χ1) is 9.45. The number of thiophene rings is 1. The van der Waals surface area contributed by atoms with Gasteiger partial charge in [-0.05, 0) is 18.4 Å². The van der Waals surface area contributed by atoms with Crippen LogP contribution in [-0.4, -0.2) is 47.2 Å². The molecule has 0 fully saturated rings. The van der Waals surface area contributed by atoms with Crippen molar-refractivity contribution in [3.8, 4) is 0 Å². The van der Waals surface area contributed by atoms with Crippen LogP contribution in [0.2, 0.25) is 0 Å². The number of nitrogens with one attached hydrogen (secondary N) is 2. The van der Waals surface area contributed by atoms with E-state index in [2.05, 4.69) is 15.0 Å². The highest BCUT2D eigenvalue weighted by molar-refractivity contribution is 7.91. The molecule has 1 atom stereocenters. The molecule has 1 unspecified atom stereocenters. The SMILES string of the molecule is COCC(C)NC(N)=NCCNS(=O)(=O)c1cccs1. The maximum atomic E-state index is 11.8. The van der Waals surface area contributed by atoms with E-state index < -0.39 is 10.0 Å². The average molecular weight is 320 g/mol. The first kappa shape index (κ1) is 16.9. The van der Waals surface area contributed by atoms with Gasteiger partial charge >= 0.3 is 0 Å². The Kier molecular flexibility index (Phi) is 6.93. The molecule has 0 amide bonds. The van der Waals surface area contributed by atoms with E-state index in [0.29, 0.717) is 10.8 Å². The van der Waals surface area contributed by atoms with Gasteiger partial charge in [-0.2, -0.15) is 0 Å². The van der Waals surface area contributed by atoms with Crippen LogP contribution in [0, 0.1) is 0 Å². The lowest BCUT2D eigenvalue weighted by atomic mass is 10.4. The van der Waals surface area contributed by atoms with Gasteiger partial charge in [-0.3, -0.25) is 4.99 Å². The van der Waals surface area contributed by atoms with Crippen molar-refractivity contribution >= 4 is 27.3 Å². The van der Waals surface area contributed by atoms with E-state index in [1.807, 2.05) is 6.92 Å². The summed E-state index contributed by atoms with van der Waals surface area (Å²) in [6, 6.07) is 3.29. The van der Waals surface area contributed by atoms with E-state index in [4.69, 9.17) is 10.5 Å². The molecule has 7 nitrogen and oxygen atoms in total. The fourth-order valence-electron chi connectivity index (χ4n) is 1.43. The van der Waals surface area contributed by atoms with Crippen LogP contribution in [0.5, 0.6) is 0 Å². The molecule has 1 heterocycles. The lowest BCUT2D eigenvalue weighted by Crippen LogP contribution is -2.41. The number of rotatable bonds is 8. The first-order valence-corrected chi connectivity index (χ1v) is 8.40. The zero-order chi connectivity index (χ0) is 15.0. The van der Waals surface area contributed by atoms with Crippen LogP contribution in [0.4, 0.5) is 0 Å². The molecule has 114 valence electrons. The molecule has 0 radical (unpaired) electrons. The molecule has 1 rings (SSSR count). The third-order valence-electron chi connectivity index (χ3n) is 2.26. The summed E-state index contributed by atoms with van der Waals surface area (Å²) < 4.78 is 31.3. The van der Waals surface area contributed by atoms with Crippen LogP contribution in [0.1, 0.15) is 6.92 Å². The summed E-state index contributed by atoms with van der Waals surface area (Å²) in [5, 5.41) is 4.65. The maximum absolute atomic E-state index is 11.8. The molecule has 0 aliphatic heterocycles. The molecule has 0 bridgehead atoms. The van der Waals surface area contributed by atoms with Crippen molar-refractivity contribution in [1.82, 2.24) is 10.0 Å². The molecule has 0 spiro atoms. The number of methoxy groups -OCH3 is 1. The topological polar surface area (TPSA) is 106 Å². The van der Waals surface area contributed by atoms with Crippen molar-refractivity contribution in [2.24, 2.45) is 10.7 Å². The molecule has 20 heavy (non-hydrogen) atoms. The quantitative estimate of drug-likeness (QED) is 0.354. The number of guanidine groups is 1. The second-order valence-corrected chi connectivity index (χ2v) is 7.04. The minimum absolute atomic E-state index is 0.0477. The van der Waals surface area contributed by atoms with Crippen molar-refractivity contribution in [3.63, 3.8) is 0 Å². The van der Waals surface area contributed by atoms with Gasteiger partial charge in [-0.25, -0.2) is 13.1 Å². The molecule has 9 heteroatoms. The maximum Gasteiger partial charge on any atom is 0.250 e. The monoisotopic (exact) mass is 320 g/mol. The second kappa shape index (κ2) is 8.20. The van der Waals surface area contributed by atoms with E-state index in [9.17, 15) is 8.42 Å². The third kappa shape index (κ3) is 5.87. The van der Waals surface area contributed by atoms with Crippen LogP contribution < -0.4 is 15.8 Å². The highest BCUT2D eigenvalue weighted by Crippen LogP contribution is 2.14. The number of ether oxygens (including phenoxy) is 1. The average Bonchev–Trinajstić information content (AvgIpc) is 2.89. The van der Waals surface area contributed by atoms with E-state index in [1.165, 1.54) is 11.3 Å². The molecular formula is C11H20N4O3S2. The van der Waals surface area contributed by atoms with Gasteiger partial charge in [0.05, 0.1) is 13.2 Å². The predicted octanol–water partition coefficient (Wildman–Crippen LogP) is -0.0344. The number of sulfonamides is 1. The summed E-state index contributed by atoms with van der Waals surface area (Å²) in [4.78, 5) is 4.03. The van der Waals surface area contributed by atoms with Crippen molar-refractivity contribution in [2.75, 3.05) is 26.8 Å². The van der Waals surface area contributed by atoms with E-state index >= 15 is 0 Å². The Hall–Kier alpha value is -1.16. The van der Waals surface area contributed by atoms with Crippen LogP contribution in [0.3, 0.4) is 0 Å². The fraction of sp³-hybridized carbons (Fsp3) is 0.545. The van der Waals surface area contributed by atoms with Crippen molar-refractivity contribution in [3.05, 3.63) is 17.5 Å². The van der Waals surface area contributed by atoms with Crippen molar-refractivity contribution in [1.29, 1.82) is 0 Å². The molecule has 4 N–H and O–H groups in total. The largest absolute Gasteiger partial charge is 0.383 e. The molecule has 0 aromatic carbocycles. The van der Waals surface area contributed by atoms with Gasteiger partial charge in [0.1, 0.15) is 4.21 Å². The van der Waals surface area contributed by atoms with Crippen LogP contribution in [-0.2, 0) is 14.8 Å². The van der Waals surface area contributed by atoms with Gasteiger partial charge in [0.25, 0.3) is 0 Å². The minimum atomic E-state index is -3.43. The van der Waals surface area contributed by atoms with Gasteiger partial charge in [-0.1, -0.05) is 6.07 Å².